The molecule has 3 nitrogen and oxygen atoms in total. The summed E-state index contributed by atoms with van der Waals surface area (Å²) in [4.78, 5) is 0. The molecule has 1 heterocycles. The first-order valence-electron chi connectivity index (χ1n) is 4.35. The Hall–Kier alpha value is -0.870. The smallest absolute Gasteiger partial charge is 0.108 e. The minimum Gasteiger partial charge on any atom is -0.386 e. The Bertz CT molecular complexity index is 470. The van der Waals surface area contributed by atoms with Crippen molar-refractivity contribution in [3.05, 3.63) is 28.4 Å². The van der Waals surface area contributed by atoms with E-state index in [9.17, 15) is 5.11 Å². The summed E-state index contributed by atoms with van der Waals surface area (Å²) in [6, 6.07) is 5.71. The van der Waals surface area contributed by atoms with Crippen LogP contribution in [-0.4, -0.2) is 15.3 Å². The number of fused-ring (bicyclic) bond motifs is 1. The predicted molar refractivity (Wildman–Crippen MR) is 59.0 cm³/mol. The normalized spacial score (nSPS) is 12.3. The lowest BCUT2D eigenvalue weighted by Crippen LogP contribution is -2.14. The first-order valence-corrected chi connectivity index (χ1v) is 5.14. The van der Waals surface area contributed by atoms with Gasteiger partial charge in [-0.15, -0.1) is 0 Å². The van der Waals surface area contributed by atoms with E-state index >= 15 is 0 Å². The molecule has 2 N–H and O–H groups in total. The predicted octanol–water partition coefficient (Wildman–Crippen LogP) is 2.55. The Morgan fingerprint density at radius 1 is 1.43 bits per heavy atom. The molecule has 0 saturated heterocycles. The number of nitrogens with zero attached hydrogens (tertiary/aromatic N) is 1. The lowest BCUT2D eigenvalue weighted by atomic mass is 9.97. The van der Waals surface area contributed by atoms with Gasteiger partial charge < -0.3 is 5.11 Å². The molecule has 0 radical (unpaired) electrons. The zero-order valence-electron chi connectivity index (χ0n) is 8.00. The summed E-state index contributed by atoms with van der Waals surface area (Å²) in [6.45, 7) is 3.53. The van der Waals surface area contributed by atoms with Gasteiger partial charge in [-0.25, -0.2) is 0 Å². The van der Waals surface area contributed by atoms with Gasteiger partial charge in [0.25, 0.3) is 0 Å². The molecular formula is C10H11BrN2O. The lowest BCUT2D eigenvalue weighted by molar-refractivity contribution is 0.0787. The van der Waals surface area contributed by atoms with Gasteiger partial charge in [-0.2, -0.15) is 5.10 Å². The van der Waals surface area contributed by atoms with Crippen LogP contribution in [0.15, 0.2) is 22.8 Å². The molecule has 0 aliphatic carbocycles. The maximum atomic E-state index is 9.83. The van der Waals surface area contributed by atoms with Crippen LogP contribution in [0.2, 0.25) is 0 Å². The van der Waals surface area contributed by atoms with Gasteiger partial charge in [-0.3, -0.25) is 5.10 Å². The zero-order chi connectivity index (χ0) is 10.3. The average molecular weight is 255 g/mol. The number of rotatable bonds is 1. The highest BCUT2D eigenvalue weighted by atomic mass is 79.9. The van der Waals surface area contributed by atoms with Crippen LogP contribution in [0.4, 0.5) is 0 Å². The first-order chi connectivity index (χ1) is 6.48. The van der Waals surface area contributed by atoms with Crippen LogP contribution in [0, 0.1) is 0 Å². The van der Waals surface area contributed by atoms with E-state index in [0.717, 1.165) is 21.1 Å². The highest BCUT2D eigenvalue weighted by Gasteiger charge is 2.16. The summed E-state index contributed by atoms with van der Waals surface area (Å²) in [6.07, 6.45) is 0. The van der Waals surface area contributed by atoms with Crippen molar-refractivity contribution < 1.29 is 5.11 Å². The summed E-state index contributed by atoms with van der Waals surface area (Å²) >= 11 is 3.37. The SMILES string of the molecule is CC(C)(O)c1ccc2n[nH]c(Br)c2c1. The van der Waals surface area contributed by atoms with E-state index in [-0.39, 0.29) is 0 Å². The van der Waals surface area contributed by atoms with E-state index in [4.69, 9.17) is 0 Å². The summed E-state index contributed by atoms with van der Waals surface area (Å²) in [5, 5.41) is 17.7. The molecule has 0 aliphatic rings. The maximum Gasteiger partial charge on any atom is 0.108 e. The van der Waals surface area contributed by atoms with Crippen LogP contribution in [0.25, 0.3) is 10.9 Å². The number of halogens is 1. The van der Waals surface area contributed by atoms with E-state index < -0.39 is 5.60 Å². The molecule has 0 amide bonds. The molecule has 2 aromatic rings. The highest BCUT2D eigenvalue weighted by Crippen LogP contribution is 2.27. The molecule has 0 atom stereocenters. The summed E-state index contributed by atoms with van der Waals surface area (Å²) in [5.41, 5.74) is 0.960. The third-order valence-corrected chi connectivity index (χ3v) is 2.82. The molecule has 1 aromatic carbocycles. The molecule has 0 saturated carbocycles. The lowest BCUT2D eigenvalue weighted by Gasteiger charge is -2.17. The molecule has 0 fully saturated rings. The summed E-state index contributed by atoms with van der Waals surface area (Å²) in [5.74, 6) is 0. The quantitative estimate of drug-likeness (QED) is 0.822. The molecule has 1 aromatic heterocycles. The standard InChI is InChI=1S/C10H11BrN2O/c1-10(2,14)6-3-4-8-7(5-6)9(11)13-12-8/h3-5,14H,1-2H3,(H,12,13). The zero-order valence-corrected chi connectivity index (χ0v) is 9.59. The van der Waals surface area contributed by atoms with Crippen LogP contribution in [0.3, 0.4) is 0 Å². The van der Waals surface area contributed by atoms with Gasteiger partial charge in [0.2, 0.25) is 0 Å². The second-order valence-electron chi connectivity index (χ2n) is 3.83. The maximum absolute atomic E-state index is 9.83. The monoisotopic (exact) mass is 254 g/mol. The number of nitrogens with one attached hydrogen (secondary N) is 1. The van der Waals surface area contributed by atoms with Gasteiger partial charge in [0.1, 0.15) is 4.60 Å². The number of aromatic nitrogens is 2. The number of aromatic amines is 1. The number of H-pyrrole nitrogens is 1. The molecular weight excluding hydrogens is 244 g/mol. The third-order valence-electron chi connectivity index (χ3n) is 2.21. The van der Waals surface area contributed by atoms with E-state index in [0.29, 0.717) is 0 Å². The Morgan fingerprint density at radius 3 is 2.79 bits per heavy atom. The van der Waals surface area contributed by atoms with Crippen molar-refractivity contribution in [3.63, 3.8) is 0 Å². The average Bonchev–Trinajstić information content (AvgIpc) is 2.46. The Morgan fingerprint density at radius 2 is 2.14 bits per heavy atom. The minimum atomic E-state index is -0.815. The van der Waals surface area contributed by atoms with E-state index in [2.05, 4.69) is 26.1 Å². The van der Waals surface area contributed by atoms with Crippen LogP contribution >= 0.6 is 15.9 Å². The molecule has 4 heteroatoms. The van der Waals surface area contributed by atoms with Gasteiger partial charge in [0.05, 0.1) is 11.1 Å². The molecule has 0 aliphatic heterocycles. The van der Waals surface area contributed by atoms with Gasteiger partial charge >= 0.3 is 0 Å². The fraction of sp³-hybridized carbons (Fsp3) is 0.300. The number of aliphatic hydroxyl groups is 1. The first kappa shape index (κ1) is 9.68. The van der Waals surface area contributed by atoms with E-state index in [1.807, 2.05) is 18.2 Å². The van der Waals surface area contributed by atoms with Crippen molar-refractivity contribution in [2.24, 2.45) is 0 Å². The molecule has 0 spiro atoms. The van der Waals surface area contributed by atoms with Crippen molar-refractivity contribution in [2.75, 3.05) is 0 Å². The largest absolute Gasteiger partial charge is 0.386 e. The highest BCUT2D eigenvalue weighted by molar-refractivity contribution is 9.10. The number of hydrogen-bond acceptors (Lipinski definition) is 2. The minimum absolute atomic E-state index is 0.815. The molecule has 0 unspecified atom stereocenters. The molecule has 2 rings (SSSR count). The number of benzene rings is 1. The van der Waals surface area contributed by atoms with E-state index in [1.165, 1.54) is 0 Å². The second-order valence-corrected chi connectivity index (χ2v) is 4.62. The third kappa shape index (κ3) is 1.55. The van der Waals surface area contributed by atoms with Gasteiger partial charge in [0, 0.05) is 5.39 Å². The fourth-order valence-corrected chi connectivity index (χ4v) is 1.77. The van der Waals surface area contributed by atoms with Gasteiger partial charge in [-0.05, 0) is 47.5 Å². The summed E-state index contributed by atoms with van der Waals surface area (Å²) in [7, 11) is 0. The van der Waals surface area contributed by atoms with E-state index in [1.54, 1.807) is 13.8 Å². The van der Waals surface area contributed by atoms with Gasteiger partial charge in [-0.1, -0.05) is 6.07 Å². The van der Waals surface area contributed by atoms with Crippen molar-refractivity contribution in [1.29, 1.82) is 0 Å². The topological polar surface area (TPSA) is 48.9 Å². The van der Waals surface area contributed by atoms with Crippen molar-refractivity contribution >= 4 is 26.8 Å². The van der Waals surface area contributed by atoms with Crippen molar-refractivity contribution in [3.8, 4) is 0 Å². The van der Waals surface area contributed by atoms with Crippen LogP contribution in [0.1, 0.15) is 19.4 Å². The Balaban J connectivity index is 2.66. The van der Waals surface area contributed by atoms with Crippen molar-refractivity contribution in [1.82, 2.24) is 10.2 Å². The van der Waals surface area contributed by atoms with Crippen molar-refractivity contribution in [2.45, 2.75) is 19.4 Å². The fourth-order valence-electron chi connectivity index (χ4n) is 1.36. The number of hydrogen-bond donors (Lipinski definition) is 2. The Labute approximate surface area is 90.3 Å². The molecule has 0 bridgehead atoms. The van der Waals surface area contributed by atoms with Crippen LogP contribution in [-0.2, 0) is 5.60 Å². The van der Waals surface area contributed by atoms with Crippen LogP contribution in [0.5, 0.6) is 0 Å². The van der Waals surface area contributed by atoms with Crippen LogP contribution < -0.4 is 0 Å². The molecule has 14 heavy (non-hydrogen) atoms. The van der Waals surface area contributed by atoms with Gasteiger partial charge in [0.15, 0.2) is 0 Å². The molecule has 74 valence electrons. The summed E-state index contributed by atoms with van der Waals surface area (Å²) < 4.78 is 0.846. The Kier molecular flexibility index (Phi) is 2.12. The second kappa shape index (κ2) is 3.07.